The van der Waals surface area contributed by atoms with Crippen LogP contribution in [0.15, 0.2) is 71.3 Å². The van der Waals surface area contributed by atoms with E-state index in [2.05, 4.69) is 10.3 Å². The molecule has 0 saturated heterocycles. The highest BCUT2D eigenvalue weighted by Crippen LogP contribution is 2.30. The molecule has 0 aliphatic heterocycles. The maximum absolute atomic E-state index is 13.2. The average Bonchev–Trinajstić information content (AvgIpc) is 3.36. The minimum Gasteiger partial charge on any atom is -0.463 e. The number of rotatable bonds is 9. The highest BCUT2D eigenvalue weighted by molar-refractivity contribution is 6.06. The number of carbonyl (C=O) groups is 2. The number of hydrogen-bond acceptors (Lipinski definition) is 7. The number of furan rings is 1. The monoisotopic (exact) mass is 473 g/mol. The number of fused-ring (bicyclic) bond motifs is 1. The Morgan fingerprint density at radius 3 is 2.74 bits per heavy atom. The fourth-order valence-corrected chi connectivity index (χ4v) is 3.62. The van der Waals surface area contributed by atoms with Crippen LogP contribution in [0.5, 0.6) is 0 Å². The third-order valence-electron chi connectivity index (χ3n) is 5.60. The number of amides is 1. The van der Waals surface area contributed by atoms with E-state index < -0.39 is 11.9 Å². The molecule has 180 valence electrons. The summed E-state index contributed by atoms with van der Waals surface area (Å²) in [5.74, 6) is -0.811. The number of hydrogen-bond donors (Lipinski definition) is 2. The van der Waals surface area contributed by atoms with Gasteiger partial charge in [-0.2, -0.15) is 0 Å². The molecule has 8 heteroatoms. The molecule has 0 fully saturated rings. The lowest BCUT2D eigenvalue weighted by atomic mass is 10.0. The minimum absolute atomic E-state index is 0.0121. The van der Waals surface area contributed by atoms with Crippen molar-refractivity contribution in [2.24, 2.45) is 5.73 Å². The largest absolute Gasteiger partial charge is 0.463 e. The molecule has 2 aromatic carbocycles. The second-order valence-electron chi connectivity index (χ2n) is 8.11. The number of esters is 1. The molecule has 4 aromatic rings. The lowest BCUT2D eigenvalue weighted by molar-refractivity contribution is -0.146. The maximum Gasteiger partial charge on any atom is 0.310 e. The van der Waals surface area contributed by atoms with E-state index in [9.17, 15) is 9.59 Å². The SMILES string of the molecule is COC(C)COC(=O)Cc1ccccc1NC(=O)c1cc(-c2cccc(CN)c2)c2occc2n1. The van der Waals surface area contributed by atoms with Gasteiger partial charge in [0.25, 0.3) is 5.91 Å². The van der Waals surface area contributed by atoms with Gasteiger partial charge in [0.2, 0.25) is 0 Å². The van der Waals surface area contributed by atoms with Crippen LogP contribution in [0, 0.1) is 0 Å². The Hall–Kier alpha value is -4.01. The second-order valence-corrected chi connectivity index (χ2v) is 8.11. The molecule has 0 saturated carbocycles. The number of nitrogens with one attached hydrogen (secondary N) is 1. The molecule has 0 aliphatic carbocycles. The van der Waals surface area contributed by atoms with Crippen molar-refractivity contribution in [3.8, 4) is 11.1 Å². The standard InChI is InChI=1S/C27H27N3O5/c1-17(33-2)16-35-25(31)13-20-7-3-4-9-22(20)30-27(32)24-14-21(26-23(29-24)10-11-34-26)19-8-5-6-18(12-19)15-28/h3-12,14,17H,13,15-16,28H2,1-2H3,(H,30,32). The summed E-state index contributed by atoms with van der Waals surface area (Å²) in [5, 5.41) is 2.88. The van der Waals surface area contributed by atoms with Gasteiger partial charge >= 0.3 is 5.97 Å². The van der Waals surface area contributed by atoms with Gasteiger partial charge < -0.3 is 24.9 Å². The third-order valence-corrected chi connectivity index (χ3v) is 5.60. The molecule has 2 heterocycles. The first-order valence-electron chi connectivity index (χ1n) is 11.2. The Morgan fingerprint density at radius 2 is 1.94 bits per heavy atom. The van der Waals surface area contributed by atoms with Gasteiger partial charge in [-0.3, -0.25) is 9.59 Å². The quantitative estimate of drug-likeness (QED) is 0.348. The summed E-state index contributed by atoms with van der Waals surface area (Å²) < 4.78 is 16.0. The number of pyridine rings is 1. The van der Waals surface area contributed by atoms with Crippen LogP contribution >= 0.6 is 0 Å². The number of nitrogens with zero attached hydrogens (tertiary/aromatic N) is 1. The fraction of sp³-hybridized carbons (Fsp3) is 0.222. The van der Waals surface area contributed by atoms with E-state index in [-0.39, 0.29) is 24.8 Å². The van der Waals surface area contributed by atoms with Crippen LogP contribution in [0.2, 0.25) is 0 Å². The zero-order chi connectivity index (χ0) is 24.8. The highest BCUT2D eigenvalue weighted by atomic mass is 16.6. The van der Waals surface area contributed by atoms with Crippen LogP contribution < -0.4 is 11.1 Å². The lowest BCUT2D eigenvalue weighted by Crippen LogP contribution is -2.20. The van der Waals surface area contributed by atoms with Crippen LogP contribution in [0.3, 0.4) is 0 Å². The molecule has 2 aromatic heterocycles. The van der Waals surface area contributed by atoms with Gasteiger partial charge in [0, 0.05) is 31.0 Å². The Labute approximate surface area is 203 Å². The van der Waals surface area contributed by atoms with Gasteiger partial charge in [-0.25, -0.2) is 4.98 Å². The molecule has 8 nitrogen and oxygen atoms in total. The van der Waals surface area contributed by atoms with E-state index in [1.807, 2.05) is 31.2 Å². The number of carbonyl (C=O) groups excluding carboxylic acids is 2. The summed E-state index contributed by atoms with van der Waals surface area (Å²) in [4.78, 5) is 30.0. The van der Waals surface area contributed by atoms with E-state index in [0.29, 0.717) is 28.9 Å². The van der Waals surface area contributed by atoms with Gasteiger partial charge in [0.15, 0.2) is 5.58 Å². The summed E-state index contributed by atoms with van der Waals surface area (Å²) in [6.07, 6.45) is 1.36. The van der Waals surface area contributed by atoms with Crippen molar-refractivity contribution in [1.82, 2.24) is 4.98 Å². The van der Waals surface area contributed by atoms with Crippen LogP contribution in [-0.4, -0.2) is 36.7 Å². The van der Waals surface area contributed by atoms with Gasteiger partial charge in [-0.05, 0) is 41.8 Å². The number of anilines is 1. The van der Waals surface area contributed by atoms with Crippen molar-refractivity contribution in [3.05, 3.63) is 83.7 Å². The Bertz CT molecular complexity index is 1350. The first-order valence-corrected chi connectivity index (χ1v) is 11.2. The predicted octanol–water partition coefficient (Wildman–Crippen LogP) is 4.33. The Kier molecular flexibility index (Phi) is 7.54. The molecule has 0 radical (unpaired) electrons. The van der Waals surface area contributed by atoms with Gasteiger partial charge in [0.05, 0.1) is 18.8 Å². The van der Waals surface area contributed by atoms with E-state index in [0.717, 1.165) is 16.7 Å². The normalized spacial score (nSPS) is 11.9. The van der Waals surface area contributed by atoms with E-state index >= 15 is 0 Å². The number of nitrogens with two attached hydrogens (primary N) is 1. The number of aromatic nitrogens is 1. The van der Waals surface area contributed by atoms with Crippen LogP contribution in [-0.2, 0) is 27.2 Å². The average molecular weight is 474 g/mol. The van der Waals surface area contributed by atoms with Gasteiger partial charge in [-0.15, -0.1) is 0 Å². The molecule has 4 rings (SSSR count). The van der Waals surface area contributed by atoms with Crippen molar-refractivity contribution in [2.45, 2.75) is 26.0 Å². The molecule has 1 unspecified atom stereocenters. The fourth-order valence-electron chi connectivity index (χ4n) is 3.62. The topological polar surface area (TPSA) is 117 Å². The van der Waals surface area contributed by atoms with E-state index in [4.69, 9.17) is 19.6 Å². The summed E-state index contributed by atoms with van der Waals surface area (Å²) in [6, 6.07) is 18.3. The van der Waals surface area contributed by atoms with Crippen LogP contribution in [0.25, 0.3) is 22.2 Å². The predicted molar refractivity (Wildman–Crippen MR) is 133 cm³/mol. The lowest BCUT2D eigenvalue weighted by Gasteiger charge is -2.13. The first kappa shape index (κ1) is 24.1. The number of benzene rings is 2. The minimum atomic E-state index is -0.407. The van der Waals surface area contributed by atoms with Crippen LogP contribution in [0.4, 0.5) is 5.69 Å². The smallest absolute Gasteiger partial charge is 0.310 e. The van der Waals surface area contributed by atoms with E-state index in [1.54, 1.807) is 49.8 Å². The molecule has 0 bridgehead atoms. The number of ether oxygens (including phenoxy) is 2. The molecule has 0 spiro atoms. The molecular formula is C27H27N3O5. The zero-order valence-electron chi connectivity index (χ0n) is 19.6. The molecule has 0 aliphatic rings. The molecule has 3 N–H and O–H groups in total. The summed E-state index contributed by atoms with van der Waals surface area (Å²) >= 11 is 0. The molecule has 35 heavy (non-hydrogen) atoms. The highest BCUT2D eigenvalue weighted by Gasteiger charge is 2.18. The molecule has 1 atom stereocenters. The zero-order valence-corrected chi connectivity index (χ0v) is 19.6. The second kappa shape index (κ2) is 10.9. The Balaban J connectivity index is 1.59. The van der Waals surface area contributed by atoms with Gasteiger partial charge in [-0.1, -0.05) is 36.4 Å². The number of para-hydroxylation sites is 1. The van der Waals surface area contributed by atoms with Crippen molar-refractivity contribution >= 4 is 28.7 Å². The summed E-state index contributed by atoms with van der Waals surface area (Å²) in [7, 11) is 1.55. The van der Waals surface area contributed by atoms with Crippen molar-refractivity contribution in [2.75, 3.05) is 19.0 Å². The van der Waals surface area contributed by atoms with Crippen molar-refractivity contribution in [1.29, 1.82) is 0 Å². The van der Waals surface area contributed by atoms with Crippen molar-refractivity contribution < 1.29 is 23.5 Å². The van der Waals surface area contributed by atoms with E-state index in [1.165, 1.54) is 0 Å². The third kappa shape index (κ3) is 5.74. The summed E-state index contributed by atoms with van der Waals surface area (Å²) in [6.45, 7) is 2.37. The van der Waals surface area contributed by atoms with Gasteiger partial charge in [0.1, 0.15) is 17.8 Å². The molecule has 1 amide bonds. The van der Waals surface area contributed by atoms with Crippen LogP contribution in [0.1, 0.15) is 28.5 Å². The number of methoxy groups -OCH3 is 1. The first-order chi connectivity index (χ1) is 17.0. The summed E-state index contributed by atoms with van der Waals surface area (Å²) in [5.41, 5.74) is 10.9. The Morgan fingerprint density at radius 1 is 1.11 bits per heavy atom. The maximum atomic E-state index is 13.2. The van der Waals surface area contributed by atoms with Crippen molar-refractivity contribution in [3.63, 3.8) is 0 Å². The molecular weight excluding hydrogens is 446 g/mol.